The molecule has 0 saturated carbocycles. The Morgan fingerprint density at radius 2 is 1.92 bits per heavy atom. The van der Waals surface area contributed by atoms with Gasteiger partial charge in [0.15, 0.2) is 11.3 Å². The molecule has 0 spiro atoms. The third kappa shape index (κ3) is 4.87. The summed E-state index contributed by atoms with van der Waals surface area (Å²) < 4.78 is 17.9. The van der Waals surface area contributed by atoms with E-state index in [0.29, 0.717) is 13.2 Å². The standard InChI is InChI=1S/C22H27BrO3/c1-3-4-10-21(23)26-20-12-11-17(18-9-6-5-8-16(18)2)15-19(20)22-24-13-7-14-25-22/h5-6,8-9,11-12,15,21-22H,3-4,7,10,13-14H2,1-2H3. The first-order chi connectivity index (χ1) is 12.7. The fourth-order valence-electron chi connectivity index (χ4n) is 3.13. The van der Waals surface area contributed by atoms with Crippen LogP contribution in [0.4, 0.5) is 0 Å². The van der Waals surface area contributed by atoms with Gasteiger partial charge in [-0.15, -0.1) is 0 Å². The first-order valence-corrected chi connectivity index (χ1v) is 10.3. The second-order valence-corrected chi connectivity index (χ2v) is 7.69. The van der Waals surface area contributed by atoms with Crippen molar-refractivity contribution in [1.29, 1.82) is 0 Å². The Morgan fingerprint density at radius 1 is 1.15 bits per heavy atom. The van der Waals surface area contributed by atoms with Crippen molar-refractivity contribution in [3.05, 3.63) is 53.6 Å². The van der Waals surface area contributed by atoms with E-state index in [2.05, 4.69) is 66.2 Å². The third-order valence-electron chi connectivity index (χ3n) is 4.59. The van der Waals surface area contributed by atoms with Crippen LogP contribution in [0.25, 0.3) is 11.1 Å². The highest BCUT2D eigenvalue weighted by atomic mass is 79.9. The van der Waals surface area contributed by atoms with Crippen LogP contribution >= 0.6 is 15.9 Å². The van der Waals surface area contributed by atoms with E-state index in [-0.39, 0.29) is 11.3 Å². The number of unbranched alkanes of at least 4 members (excludes halogenated alkanes) is 1. The van der Waals surface area contributed by atoms with Crippen molar-refractivity contribution in [1.82, 2.24) is 0 Å². The van der Waals surface area contributed by atoms with Crippen LogP contribution in [0.5, 0.6) is 5.75 Å². The summed E-state index contributed by atoms with van der Waals surface area (Å²) in [5.74, 6) is 0.826. The number of hydrogen-bond acceptors (Lipinski definition) is 3. The van der Waals surface area contributed by atoms with Crippen molar-refractivity contribution >= 4 is 15.9 Å². The van der Waals surface area contributed by atoms with Crippen LogP contribution < -0.4 is 4.74 Å². The predicted octanol–water partition coefficient (Wildman–Crippen LogP) is 6.39. The lowest BCUT2D eigenvalue weighted by molar-refractivity contribution is -0.183. The molecule has 1 atom stereocenters. The van der Waals surface area contributed by atoms with Gasteiger partial charge in [0.1, 0.15) is 5.75 Å². The van der Waals surface area contributed by atoms with Crippen LogP contribution in [0.1, 0.15) is 50.0 Å². The molecule has 3 nitrogen and oxygen atoms in total. The quantitative estimate of drug-likeness (QED) is 0.487. The Labute approximate surface area is 164 Å². The Kier molecular flexibility index (Phi) is 7.12. The molecule has 0 radical (unpaired) electrons. The van der Waals surface area contributed by atoms with E-state index in [0.717, 1.165) is 42.6 Å². The summed E-state index contributed by atoms with van der Waals surface area (Å²) in [5.41, 5.74) is 4.59. The van der Waals surface area contributed by atoms with E-state index in [1.54, 1.807) is 0 Å². The number of rotatable bonds is 7. The van der Waals surface area contributed by atoms with Crippen molar-refractivity contribution in [3.8, 4) is 16.9 Å². The number of halogens is 1. The zero-order chi connectivity index (χ0) is 18.4. The van der Waals surface area contributed by atoms with Gasteiger partial charge in [0.2, 0.25) is 0 Å². The Morgan fingerprint density at radius 3 is 2.65 bits per heavy atom. The van der Waals surface area contributed by atoms with E-state index < -0.39 is 0 Å². The zero-order valence-electron chi connectivity index (χ0n) is 15.5. The average Bonchev–Trinajstić information content (AvgIpc) is 2.68. The molecule has 3 rings (SSSR count). The van der Waals surface area contributed by atoms with Crippen LogP contribution in [0, 0.1) is 6.92 Å². The second-order valence-electron chi connectivity index (χ2n) is 6.66. The minimum atomic E-state index is -0.367. The van der Waals surface area contributed by atoms with Gasteiger partial charge in [-0.05, 0) is 70.9 Å². The zero-order valence-corrected chi connectivity index (χ0v) is 17.1. The van der Waals surface area contributed by atoms with Crippen LogP contribution in [0.15, 0.2) is 42.5 Å². The first kappa shape index (κ1) is 19.4. The summed E-state index contributed by atoms with van der Waals surface area (Å²) in [6.07, 6.45) is 3.82. The molecule has 1 heterocycles. The minimum Gasteiger partial charge on any atom is -0.479 e. The average molecular weight is 419 g/mol. The molecule has 26 heavy (non-hydrogen) atoms. The number of hydrogen-bond donors (Lipinski definition) is 0. The maximum atomic E-state index is 6.18. The molecule has 1 aliphatic heterocycles. The third-order valence-corrected chi connectivity index (χ3v) is 5.23. The molecule has 0 aromatic heterocycles. The van der Waals surface area contributed by atoms with Crippen LogP contribution in [-0.4, -0.2) is 18.2 Å². The largest absolute Gasteiger partial charge is 0.479 e. The monoisotopic (exact) mass is 418 g/mol. The molecule has 1 saturated heterocycles. The van der Waals surface area contributed by atoms with Crippen LogP contribution in [0.2, 0.25) is 0 Å². The van der Waals surface area contributed by atoms with Crippen molar-refractivity contribution in [3.63, 3.8) is 0 Å². The number of aryl methyl sites for hydroxylation is 1. The SMILES string of the molecule is CCCCC(Br)Oc1ccc(-c2ccccc2C)cc1C1OCCCO1. The van der Waals surface area contributed by atoms with Crippen molar-refractivity contribution in [2.75, 3.05) is 13.2 Å². The number of alkyl halides is 1. The van der Waals surface area contributed by atoms with Gasteiger partial charge in [-0.1, -0.05) is 43.7 Å². The lowest BCUT2D eigenvalue weighted by Gasteiger charge is -2.26. The lowest BCUT2D eigenvalue weighted by atomic mass is 9.98. The first-order valence-electron chi connectivity index (χ1n) is 9.43. The maximum absolute atomic E-state index is 6.18. The van der Waals surface area contributed by atoms with Crippen molar-refractivity contribution in [2.45, 2.75) is 50.8 Å². The number of benzene rings is 2. The smallest absolute Gasteiger partial charge is 0.187 e. The molecule has 0 aliphatic carbocycles. The van der Waals surface area contributed by atoms with Gasteiger partial charge < -0.3 is 14.2 Å². The molecule has 140 valence electrons. The summed E-state index contributed by atoms with van der Waals surface area (Å²) in [6, 6.07) is 14.7. The van der Waals surface area contributed by atoms with E-state index in [1.165, 1.54) is 11.1 Å². The molecule has 0 bridgehead atoms. The van der Waals surface area contributed by atoms with E-state index in [4.69, 9.17) is 14.2 Å². The summed E-state index contributed by atoms with van der Waals surface area (Å²) in [6.45, 7) is 5.75. The van der Waals surface area contributed by atoms with Gasteiger partial charge in [0.05, 0.1) is 18.8 Å². The molecule has 1 unspecified atom stereocenters. The van der Waals surface area contributed by atoms with Gasteiger partial charge >= 0.3 is 0 Å². The molecule has 2 aromatic carbocycles. The maximum Gasteiger partial charge on any atom is 0.187 e. The van der Waals surface area contributed by atoms with Crippen LogP contribution in [0.3, 0.4) is 0 Å². The van der Waals surface area contributed by atoms with Crippen molar-refractivity contribution in [2.24, 2.45) is 0 Å². The van der Waals surface area contributed by atoms with Gasteiger partial charge in [0.25, 0.3) is 0 Å². The molecule has 1 fully saturated rings. The van der Waals surface area contributed by atoms with Crippen molar-refractivity contribution < 1.29 is 14.2 Å². The van der Waals surface area contributed by atoms with Crippen LogP contribution in [-0.2, 0) is 9.47 Å². The fourth-order valence-corrected chi connectivity index (χ4v) is 3.66. The summed E-state index contributed by atoms with van der Waals surface area (Å²) in [5, 5.41) is -0.00546. The fraction of sp³-hybridized carbons (Fsp3) is 0.455. The predicted molar refractivity (Wildman–Crippen MR) is 109 cm³/mol. The van der Waals surface area contributed by atoms with Gasteiger partial charge in [-0.25, -0.2) is 0 Å². The Bertz CT molecular complexity index is 710. The normalized spacial score (nSPS) is 16.4. The molecule has 1 aliphatic rings. The molecule has 0 amide bonds. The Hall–Kier alpha value is -1.36. The van der Waals surface area contributed by atoms with E-state index >= 15 is 0 Å². The highest BCUT2D eigenvalue weighted by Gasteiger charge is 2.23. The highest BCUT2D eigenvalue weighted by Crippen LogP contribution is 2.36. The summed E-state index contributed by atoms with van der Waals surface area (Å²) in [4.78, 5) is 0. The lowest BCUT2D eigenvalue weighted by Crippen LogP contribution is -2.19. The molecule has 2 aromatic rings. The molecule has 4 heteroatoms. The molecular formula is C22H27BrO3. The Balaban J connectivity index is 1.92. The number of ether oxygens (including phenoxy) is 3. The summed E-state index contributed by atoms with van der Waals surface area (Å²) >= 11 is 3.64. The van der Waals surface area contributed by atoms with E-state index in [1.807, 2.05) is 6.07 Å². The van der Waals surface area contributed by atoms with Gasteiger partial charge in [0, 0.05) is 0 Å². The highest BCUT2D eigenvalue weighted by molar-refractivity contribution is 9.09. The van der Waals surface area contributed by atoms with E-state index in [9.17, 15) is 0 Å². The molecular weight excluding hydrogens is 392 g/mol. The summed E-state index contributed by atoms with van der Waals surface area (Å²) in [7, 11) is 0. The second kappa shape index (κ2) is 9.54. The minimum absolute atomic E-state index is 0.00546. The molecule has 0 N–H and O–H groups in total. The van der Waals surface area contributed by atoms with Gasteiger partial charge in [-0.2, -0.15) is 0 Å². The topological polar surface area (TPSA) is 27.7 Å². The van der Waals surface area contributed by atoms with Gasteiger partial charge in [-0.3, -0.25) is 0 Å².